The number of nitrogens with zero attached hydrogens (tertiary/aromatic N) is 3. The SMILES string of the molecule is O=C1CCCCC1Sc1nnc(-c2ccccc2F)n1Cc1ccccc1. The number of carbonyl (C=O) groups excluding carboxylic acids is 1. The summed E-state index contributed by atoms with van der Waals surface area (Å²) < 4.78 is 16.3. The predicted molar refractivity (Wildman–Crippen MR) is 104 cm³/mol. The molecule has 1 atom stereocenters. The Bertz CT molecular complexity index is 942. The molecular formula is C21H20FN3OS. The minimum absolute atomic E-state index is 0.0917. The molecule has 1 aliphatic rings. The summed E-state index contributed by atoms with van der Waals surface area (Å²) >= 11 is 1.46. The predicted octanol–water partition coefficient (Wildman–Crippen LogP) is 4.74. The molecule has 0 N–H and O–H groups in total. The van der Waals surface area contributed by atoms with Gasteiger partial charge in [0, 0.05) is 6.42 Å². The summed E-state index contributed by atoms with van der Waals surface area (Å²) in [5.41, 5.74) is 1.49. The van der Waals surface area contributed by atoms with Crippen LogP contribution < -0.4 is 0 Å². The molecule has 0 bridgehead atoms. The molecule has 27 heavy (non-hydrogen) atoms. The van der Waals surface area contributed by atoms with Crippen LogP contribution in [0.4, 0.5) is 4.39 Å². The lowest BCUT2D eigenvalue weighted by molar-refractivity contribution is -0.119. The van der Waals surface area contributed by atoms with E-state index in [1.165, 1.54) is 17.8 Å². The number of aromatic nitrogens is 3. The third-order valence-corrected chi connectivity index (χ3v) is 6.06. The van der Waals surface area contributed by atoms with Crippen LogP contribution in [0.5, 0.6) is 0 Å². The van der Waals surface area contributed by atoms with Crippen molar-refractivity contribution in [3.05, 3.63) is 66.0 Å². The summed E-state index contributed by atoms with van der Waals surface area (Å²) in [6, 6.07) is 16.5. The van der Waals surface area contributed by atoms with E-state index < -0.39 is 0 Å². The van der Waals surface area contributed by atoms with E-state index in [1.807, 2.05) is 34.9 Å². The second-order valence-electron chi connectivity index (χ2n) is 6.68. The van der Waals surface area contributed by atoms with Crippen LogP contribution in [0.15, 0.2) is 59.8 Å². The quantitative estimate of drug-likeness (QED) is 0.641. The number of hydrogen-bond donors (Lipinski definition) is 0. The van der Waals surface area contributed by atoms with Crippen molar-refractivity contribution in [3.8, 4) is 11.4 Å². The van der Waals surface area contributed by atoms with Gasteiger partial charge >= 0.3 is 0 Å². The van der Waals surface area contributed by atoms with Crippen molar-refractivity contribution in [3.63, 3.8) is 0 Å². The maximum absolute atomic E-state index is 14.4. The number of thioether (sulfide) groups is 1. The second-order valence-corrected chi connectivity index (χ2v) is 7.85. The second kappa shape index (κ2) is 8.05. The molecule has 3 aromatic rings. The summed E-state index contributed by atoms with van der Waals surface area (Å²) in [6.07, 6.45) is 3.50. The highest BCUT2D eigenvalue weighted by molar-refractivity contribution is 8.00. The van der Waals surface area contributed by atoms with Gasteiger partial charge < -0.3 is 0 Å². The van der Waals surface area contributed by atoms with Gasteiger partial charge in [-0.2, -0.15) is 0 Å². The maximum Gasteiger partial charge on any atom is 0.192 e. The molecule has 1 fully saturated rings. The Balaban J connectivity index is 1.72. The standard InChI is InChI=1S/C21H20FN3OS/c22-17-11-5-4-10-16(17)20-23-24-21(27-19-13-7-6-12-18(19)26)25(20)14-15-8-2-1-3-9-15/h1-5,8-11,19H,6-7,12-14H2. The minimum Gasteiger partial charge on any atom is -0.298 e. The molecule has 0 aliphatic heterocycles. The maximum atomic E-state index is 14.4. The zero-order valence-corrected chi connectivity index (χ0v) is 15.7. The molecule has 138 valence electrons. The molecule has 1 unspecified atom stereocenters. The van der Waals surface area contributed by atoms with Crippen molar-refractivity contribution in [2.24, 2.45) is 0 Å². The third kappa shape index (κ3) is 3.95. The molecule has 1 aliphatic carbocycles. The summed E-state index contributed by atoms with van der Waals surface area (Å²) in [7, 11) is 0. The molecular weight excluding hydrogens is 361 g/mol. The number of ketones is 1. The lowest BCUT2D eigenvalue weighted by atomic mass is 9.99. The number of rotatable bonds is 5. The number of benzene rings is 2. The summed E-state index contributed by atoms with van der Waals surface area (Å²) in [6.45, 7) is 0.529. The van der Waals surface area contributed by atoms with Gasteiger partial charge in [0.25, 0.3) is 0 Å². The zero-order valence-electron chi connectivity index (χ0n) is 14.8. The highest BCUT2D eigenvalue weighted by Gasteiger charge is 2.27. The fraction of sp³-hybridized carbons (Fsp3) is 0.286. The highest BCUT2D eigenvalue weighted by Crippen LogP contribution is 2.33. The number of hydrogen-bond acceptors (Lipinski definition) is 4. The zero-order chi connectivity index (χ0) is 18.6. The fourth-order valence-electron chi connectivity index (χ4n) is 3.33. The van der Waals surface area contributed by atoms with Crippen molar-refractivity contribution in [1.82, 2.24) is 14.8 Å². The monoisotopic (exact) mass is 381 g/mol. The Morgan fingerprint density at radius 2 is 1.81 bits per heavy atom. The average molecular weight is 381 g/mol. The summed E-state index contributed by atoms with van der Waals surface area (Å²) in [5.74, 6) is 0.431. The first-order valence-electron chi connectivity index (χ1n) is 9.14. The molecule has 0 amide bonds. The summed E-state index contributed by atoms with van der Waals surface area (Å²) in [5, 5.41) is 9.16. The van der Waals surface area contributed by atoms with E-state index >= 15 is 0 Å². The van der Waals surface area contributed by atoms with Gasteiger partial charge in [0.2, 0.25) is 0 Å². The first-order chi connectivity index (χ1) is 13.2. The van der Waals surface area contributed by atoms with Crippen LogP contribution in [0, 0.1) is 5.82 Å². The third-order valence-electron chi connectivity index (χ3n) is 4.76. The molecule has 0 saturated heterocycles. The minimum atomic E-state index is -0.329. The van der Waals surface area contributed by atoms with E-state index in [4.69, 9.17) is 0 Å². The van der Waals surface area contributed by atoms with Gasteiger partial charge in [-0.3, -0.25) is 9.36 Å². The number of halogens is 1. The Morgan fingerprint density at radius 1 is 1.04 bits per heavy atom. The van der Waals surface area contributed by atoms with E-state index in [2.05, 4.69) is 10.2 Å². The molecule has 0 spiro atoms. The Morgan fingerprint density at radius 3 is 2.59 bits per heavy atom. The van der Waals surface area contributed by atoms with Crippen molar-refractivity contribution in [1.29, 1.82) is 0 Å². The first kappa shape index (κ1) is 17.9. The van der Waals surface area contributed by atoms with Crippen LogP contribution in [0.2, 0.25) is 0 Å². The molecule has 2 aromatic carbocycles. The van der Waals surface area contributed by atoms with E-state index in [-0.39, 0.29) is 16.9 Å². The molecule has 1 saturated carbocycles. The number of Topliss-reactive ketones (excluding diaryl/α,β-unsaturated/α-hetero) is 1. The van der Waals surface area contributed by atoms with Crippen LogP contribution in [-0.2, 0) is 11.3 Å². The van der Waals surface area contributed by atoms with Crippen LogP contribution >= 0.6 is 11.8 Å². The van der Waals surface area contributed by atoms with E-state index in [0.717, 1.165) is 24.8 Å². The number of carbonyl (C=O) groups is 1. The topological polar surface area (TPSA) is 47.8 Å². The van der Waals surface area contributed by atoms with Crippen LogP contribution in [-0.4, -0.2) is 25.8 Å². The van der Waals surface area contributed by atoms with Gasteiger partial charge in [-0.05, 0) is 30.5 Å². The van der Waals surface area contributed by atoms with Crippen molar-refractivity contribution >= 4 is 17.5 Å². The van der Waals surface area contributed by atoms with Gasteiger partial charge in [0.15, 0.2) is 11.0 Å². The van der Waals surface area contributed by atoms with Crippen molar-refractivity contribution in [2.75, 3.05) is 0 Å². The average Bonchev–Trinajstić information content (AvgIpc) is 3.07. The van der Waals surface area contributed by atoms with Gasteiger partial charge in [0.05, 0.1) is 17.4 Å². The van der Waals surface area contributed by atoms with Crippen LogP contribution in [0.3, 0.4) is 0 Å². The molecule has 1 aromatic heterocycles. The molecule has 0 radical (unpaired) electrons. The molecule has 6 heteroatoms. The Kier molecular flexibility index (Phi) is 5.34. The highest BCUT2D eigenvalue weighted by atomic mass is 32.2. The van der Waals surface area contributed by atoms with Gasteiger partial charge in [-0.1, -0.05) is 60.6 Å². The smallest absolute Gasteiger partial charge is 0.192 e. The van der Waals surface area contributed by atoms with Crippen molar-refractivity contribution in [2.45, 2.75) is 42.6 Å². The van der Waals surface area contributed by atoms with Gasteiger partial charge in [-0.15, -0.1) is 10.2 Å². The fourth-order valence-corrected chi connectivity index (χ4v) is 4.48. The normalized spacial score (nSPS) is 17.2. The molecule has 1 heterocycles. The van der Waals surface area contributed by atoms with Crippen LogP contribution in [0.25, 0.3) is 11.4 Å². The van der Waals surface area contributed by atoms with E-state index in [0.29, 0.717) is 29.5 Å². The van der Waals surface area contributed by atoms with Gasteiger partial charge in [0.1, 0.15) is 11.6 Å². The lowest BCUT2D eigenvalue weighted by Crippen LogP contribution is -2.22. The van der Waals surface area contributed by atoms with Crippen LogP contribution in [0.1, 0.15) is 31.2 Å². The Hall–Kier alpha value is -2.47. The van der Waals surface area contributed by atoms with Gasteiger partial charge in [-0.25, -0.2) is 4.39 Å². The Labute approximate surface area is 161 Å². The largest absolute Gasteiger partial charge is 0.298 e. The molecule has 4 rings (SSSR count). The lowest BCUT2D eigenvalue weighted by Gasteiger charge is -2.20. The van der Waals surface area contributed by atoms with Crippen molar-refractivity contribution < 1.29 is 9.18 Å². The van der Waals surface area contributed by atoms with E-state index in [9.17, 15) is 9.18 Å². The summed E-state index contributed by atoms with van der Waals surface area (Å²) in [4.78, 5) is 12.3. The van der Waals surface area contributed by atoms with E-state index in [1.54, 1.807) is 18.2 Å². The first-order valence-corrected chi connectivity index (χ1v) is 10.0. The molecule has 4 nitrogen and oxygen atoms in total.